The summed E-state index contributed by atoms with van der Waals surface area (Å²) in [4.78, 5) is 20.5. The van der Waals surface area contributed by atoms with E-state index in [1.807, 2.05) is 30.3 Å². The molecule has 8 nitrogen and oxygen atoms in total. The first kappa shape index (κ1) is 24.7. The number of aromatic nitrogens is 1. The van der Waals surface area contributed by atoms with Crippen molar-refractivity contribution in [2.45, 2.75) is 23.8 Å². The minimum absolute atomic E-state index is 0.0456. The van der Waals surface area contributed by atoms with Crippen LogP contribution in [-0.2, 0) is 21.2 Å². The number of benzene rings is 2. The van der Waals surface area contributed by atoms with Crippen molar-refractivity contribution in [1.82, 2.24) is 9.29 Å². The first-order valence-corrected chi connectivity index (χ1v) is 13.7. The zero-order valence-corrected chi connectivity index (χ0v) is 21.3. The van der Waals surface area contributed by atoms with Gasteiger partial charge in [0.25, 0.3) is 0 Å². The van der Waals surface area contributed by atoms with Crippen LogP contribution in [0.4, 0.5) is 11.5 Å². The fraction of sp³-hybridized carbons (Fsp3) is 0.308. The summed E-state index contributed by atoms with van der Waals surface area (Å²) in [7, 11) is -3.66. The fourth-order valence-electron chi connectivity index (χ4n) is 4.72. The van der Waals surface area contributed by atoms with Crippen LogP contribution >= 0.6 is 11.6 Å². The number of hydrogen-bond acceptors (Lipinski definition) is 6. The monoisotopic (exact) mass is 525 g/mol. The van der Waals surface area contributed by atoms with E-state index in [-0.39, 0.29) is 16.8 Å². The van der Waals surface area contributed by atoms with E-state index in [4.69, 9.17) is 17.3 Å². The van der Waals surface area contributed by atoms with Crippen molar-refractivity contribution in [3.8, 4) is 0 Å². The molecule has 3 heterocycles. The van der Waals surface area contributed by atoms with E-state index in [0.717, 1.165) is 17.8 Å². The number of carbonyl (C=O) groups excluding carboxylic acids is 1. The van der Waals surface area contributed by atoms with Gasteiger partial charge in [-0.15, -0.1) is 0 Å². The molecular formula is C26H28ClN5O3S. The maximum Gasteiger partial charge on any atom is 0.243 e. The van der Waals surface area contributed by atoms with Gasteiger partial charge in [0.05, 0.1) is 4.90 Å². The van der Waals surface area contributed by atoms with Crippen LogP contribution in [0.2, 0.25) is 5.15 Å². The molecule has 2 aromatic carbocycles. The lowest BCUT2D eigenvalue weighted by molar-refractivity contribution is -0.117. The molecule has 36 heavy (non-hydrogen) atoms. The average Bonchev–Trinajstić information content (AvgIpc) is 3.22. The molecule has 0 spiro atoms. The van der Waals surface area contributed by atoms with Gasteiger partial charge in [0.15, 0.2) is 0 Å². The number of amides is 1. The van der Waals surface area contributed by atoms with E-state index in [2.05, 4.69) is 22.0 Å². The molecule has 2 aliphatic heterocycles. The number of pyridine rings is 1. The number of piperazine rings is 1. The molecule has 0 saturated carbocycles. The number of anilines is 2. The van der Waals surface area contributed by atoms with Crippen molar-refractivity contribution in [3.63, 3.8) is 0 Å². The Hall–Kier alpha value is -2.98. The molecule has 1 atom stereocenters. The highest BCUT2D eigenvalue weighted by Crippen LogP contribution is 2.26. The predicted octanol–water partition coefficient (Wildman–Crippen LogP) is 2.90. The van der Waals surface area contributed by atoms with Crippen LogP contribution in [0.1, 0.15) is 17.5 Å². The van der Waals surface area contributed by atoms with Gasteiger partial charge < -0.3 is 15.5 Å². The third kappa shape index (κ3) is 5.24. The normalized spacial score (nSPS) is 19.2. The lowest BCUT2D eigenvalue weighted by Gasteiger charge is -2.35. The highest BCUT2D eigenvalue weighted by atomic mass is 35.5. The van der Waals surface area contributed by atoms with Crippen LogP contribution in [0, 0.1) is 0 Å². The zero-order chi connectivity index (χ0) is 25.3. The minimum atomic E-state index is -3.66. The Morgan fingerprint density at radius 2 is 1.64 bits per heavy atom. The first-order valence-electron chi connectivity index (χ1n) is 11.9. The maximum absolute atomic E-state index is 13.3. The number of carbonyl (C=O) groups is 1. The van der Waals surface area contributed by atoms with Gasteiger partial charge in [-0.2, -0.15) is 4.31 Å². The molecule has 1 unspecified atom stereocenters. The quantitative estimate of drug-likeness (QED) is 0.497. The molecule has 10 heteroatoms. The largest absolute Gasteiger partial charge is 0.354 e. The Balaban J connectivity index is 1.25. The van der Waals surface area contributed by atoms with E-state index >= 15 is 0 Å². The van der Waals surface area contributed by atoms with Crippen LogP contribution in [-0.4, -0.2) is 62.4 Å². The number of sulfonamides is 1. The summed E-state index contributed by atoms with van der Waals surface area (Å²) in [5.41, 5.74) is 8.78. The molecule has 5 rings (SSSR count). The Kier molecular flexibility index (Phi) is 6.98. The van der Waals surface area contributed by atoms with Crippen molar-refractivity contribution >= 4 is 39.0 Å². The van der Waals surface area contributed by atoms with Crippen molar-refractivity contribution in [1.29, 1.82) is 0 Å². The summed E-state index contributed by atoms with van der Waals surface area (Å²) in [6.07, 6.45) is 1.05. The van der Waals surface area contributed by atoms with E-state index in [0.29, 0.717) is 50.0 Å². The Morgan fingerprint density at radius 1 is 0.944 bits per heavy atom. The highest BCUT2D eigenvalue weighted by Gasteiger charge is 2.31. The molecule has 3 aromatic rings. The van der Waals surface area contributed by atoms with Gasteiger partial charge in [0, 0.05) is 50.9 Å². The van der Waals surface area contributed by atoms with Crippen LogP contribution in [0.5, 0.6) is 0 Å². The van der Waals surface area contributed by atoms with Gasteiger partial charge in [-0.1, -0.05) is 41.9 Å². The van der Waals surface area contributed by atoms with Gasteiger partial charge in [0.1, 0.15) is 11.0 Å². The summed E-state index contributed by atoms with van der Waals surface area (Å²) in [6, 6.07) is 20.3. The molecule has 1 amide bonds. The molecule has 0 radical (unpaired) electrons. The van der Waals surface area contributed by atoms with Crippen molar-refractivity contribution in [2.75, 3.05) is 42.5 Å². The van der Waals surface area contributed by atoms with Gasteiger partial charge >= 0.3 is 0 Å². The lowest BCUT2D eigenvalue weighted by Crippen LogP contribution is -2.49. The SMILES string of the molecule is NC1CC(=O)N(c2ccc(S(=O)(=O)N3CCN(c4cc(Cc5ccccc5)cc(Cl)n4)CC3)cc2)C1. The molecule has 2 N–H and O–H groups in total. The Morgan fingerprint density at radius 3 is 2.28 bits per heavy atom. The number of hydrogen-bond donors (Lipinski definition) is 1. The Bertz CT molecular complexity index is 1340. The van der Waals surface area contributed by atoms with E-state index in [1.165, 1.54) is 9.87 Å². The van der Waals surface area contributed by atoms with E-state index in [9.17, 15) is 13.2 Å². The third-order valence-corrected chi connectivity index (χ3v) is 8.70. The van der Waals surface area contributed by atoms with E-state index < -0.39 is 10.0 Å². The third-order valence-electron chi connectivity index (χ3n) is 6.60. The molecular weight excluding hydrogens is 498 g/mol. The lowest BCUT2D eigenvalue weighted by atomic mass is 10.1. The molecule has 0 bridgehead atoms. The van der Waals surface area contributed by atoms with Crippen LogP contribution in [0.25, 0.3) is 0 Å². The molecule has 1 aromatic heterocycles. The van der Waals surface area contributed by atoms with Crippen molar-refractivity contribution < 1.29 is 13.2 Å². The second-order valence-electron chi connectivity index (χ2n) is 9.17. The van der Waals surface area contributed by atoms with E-state index in [1.54, 1.807) is 29.2 Å². The summed E-state index contributed by atoms with van der Waals surface area (Å²) < 4.78 is 28.0. The molecule has 0 aliphatic carbocycles. The Labute approximate surface area is 216 Å². The highest BCUT2D eigenvalue weighted by molar-refractivity contribution is 7.89. The van der Waals surface area contributed by atoms with Crippen LogP contribution in [0.3, 0.4) is 0 Å². The number of nitrogens with zero attached hydrogens (tertiary/aromatic N) is 4. The predicted molar refractivity (Wildman–Crippen MR) is 141 cm³/mol. The van der Waals surface area contributed by atoms with Crippen LogP contribution in [0.15, 0.2) is 71.6 Å². The van der Waals surface area contributed by atoms with Gasteiger partial charge in [0.2, 0.25) is 15.9 Å². The standard InChI is InChI=1S/C26H28ClN5O3S/c27-24-15-20(14-19-4-2-1-3-5-19)16-25(29-24)30-10-12-31(13-11-30)36(34,35)23-8-6-22(7-9-23)32-18-21(28)17-26(32)33/h1-9,15-16,21H,10-14,17-18,28H2. The van der Waals surface area contributed by atoms with Gasteiger partial charge in [-0.05, 0) is 53.9 Å². The first-order chi connectivity index (χ1) is 17.3. The van der Waals surface area contributed by atoms with Crippen molar-refractivity contribution in [2.24, 2.45) is 5.73 Å². The second-order valence-corrected chi connectivity index (χ2v) is 11.5. The number of nitrogens with two attached hydrogens (primary N) is 1. The number of halogens is 1. The summed E-state index contributed by atoms with van der Waals surface area (Å²) in [5.74, 6) is 0.708. The second kappa shape index (κ2) is 10.2. The van der Waals surface area contributed by atoms with Gasteiger partial charge in [-0.25, -0.2) is 13.4 Å². The smallest absolute Gasteiger partial charge is 0.243 e. The summed E-state index contributed by atoms with van der Waals surface area (Å²) >= 11 is 6.32. The average molecular weight is 526 g/mol. The van der Waals surface area contributed by atoms with Crippen molar-refractivity contribution in [3.05, 3.63) is 83.0 Å². The topological polar surface area (TPSA) is 99.8 Å². The summed E-state index contributed by atoms with van der Waals surface area (Å²) in [6.45, 7) is 2.14. The number of rotatable bonds is 6. The maximum atomic E-state index is 13.3. The molecule has 2 fully saturated rings. The minimum Gasteiger partial charge on any atom is -0.354 e. The fourth-order valence-corrected chi connectivity index (χ4v) is 6.37. The van der Waals surface area contributed by atoms with Crippen LogP contribution < -0.4 is 15.5 Å². The summed E-state index contributed by atoms with van der Waals surface area (Å²) in [5, 5.41) is 0.422. The molecule has 188 valence electrons. The molecule has 2 aliphatic rings. The zero-order valence-electron chi connectivity index (χ0n) is 19.8. The molecule has 2 saturated heterocycles. The van der Waals surface area contributed by atoms with Gasteiger partial charge in [-0.3, -0.25) is 4.79 Å².